The molecule has 2 heterocycles. The van der Waals surface area contributed by atoms with Gasteiger partial charge in [0.25, 0.3) is 0 Å². The van der Waals surface area contributed by atoms with E-state index in [1.54, 1.807) is 0 Å². The summed E-state index contributed by atoms with van der Waals surface area (Å²) in [5.74, 6) is 0. The van der Waals surface area contributed by atoms with E-state index in [1.807, 2.05) is 36.9 Å². The van der Waals surface area contributed by atoms with Gasteiger partial charge >= 0.3 is 0 Å². The Balaban J connectivity index is 1.43. The van der Waals surface area contributed by atoms with Crippen LogP contribution in [0.3, 0.4) is 0 Å². The van der Waals surface area contributed by atoms with Gasteiger partial charge in [-0.15, -0.1) is 0 Å². The maximum Gasteiger partial charge on any atom is 0.0645 e. The average molecular weight is 574 g/mol. The Labute approximate surface area is 261 Å². The molecule has 9 rings (SSSR count). The predicted octanol–water partition coefficient (Wildman–Crippen LogP) is 11.2. The van der Waals surface area contributed by atoms with Gasteiger partial charge in [-0.05, 0) is 91.0 Å². The summed E-state index contributed by atoms with van der Waals surface area (Å²) in [6.07, 6.45) is 7.46. The van der Waals surface area contributed by atoms with Crippen LogP contribution in [0, 0.1) is 0 Å². The van der Waals surface area contributed by atoms with Gasteiger partial charge in [-0.1, -0.05) is 109 Å². The molecule has 8 aromatic rings. The van der Waals surface area contributed by atoms with Crippen molar-refractivity contribution in [2.75, 3.05) is 4.90 Å². The summed E-state index contributed by atoms with van der Waals surface area (Å²) in [6.45, 7) is 0. The van der Waals surface area contributed by atoms with Gasteiger partial charge in [0.05, 0.1) is 29.5 Å². The van der Waals surface area contributed by atoms with Crippen molar-refractivity contribution >= 4 is 38.6 Å². The van der Waals surface area contributed by atoms with Crippen LogP contribution in [0.2, 0.25) is 0 Å². The van der Waals surface area contributed by atoms with Crippen LogP contribution in [-0.4, -0.2) is 9.97 Å². The van der Waals surface area contributed by atoms with Crippen LogP contribution >= 0.6 is 0 Å². The second-order valence-electron chi connectivity index (χ2n) is 11.4. The summed E-state index contributed by atoms with van der Waals surface area (Å²) in [5.41, 5.74) is 13.2. The van der Waals surface area contributed by atoms with Gasteiger partial charge in [-0.3, -0.25) is 9.97 Å². The molecule has 45 heavy (non-hydrogen) atoms. The predicted molar refractivity (Wildman–Crippen MR) is 187 cm³/mol. The molecule has 0 saturated carbocycles. The highest BCUT2D eigenvalue weighted by Gasteiger charge is 2.31. The van der Waals surface area contributed by atoms with Crippen molar-refractivity contribution in [2.24, 2.45) is 0 Å². The monoisotopic (exact) mass is 573 g/mol. The third-order valence-corrected chi connectivity index (χ3v) is 8.95. The lowest BCUT2D eigenvalue weighted by Gasteiger charge is -2.26. The lowest BCUT2D eigenvalue weighted by molar-refractivity contribution is 1.21. The molecule has 0 amide bonds. The summed E-state index contributed by atoms with van der Waals surface area (Å²) in [4.78, 5) is 11.2. The zero-order chi connectivity index (χ0) is 29.7. The van der Waals surface area contributed by atoms with Crippen LogP contribution in [-0.2, 0) is 0 Å². The molecule has 0 bridgehead atoms. The van der Waals surface area contributed by atoms with E-state index in [0.29, 0.717) is 0 Å². The van der Waals surface area contributed by atoms with Crippen molar-refractivity contribution in [3.05, 3.63) is 164 Å². The van der Waals surface area contributed by atoms with E-state index >= 15 is 0 Å². The van der Waals surface area contributed by atoms with E-state index in [0.717, 1.165) is 17.1 Å². The van der Waals surface area contributed by atoms with Crippen molar-refractivity contribution in [2.45, 2.75) is 0 Å². The van der Waals surface area contributed by atoms with Crippen LogP contribution in [0.5, 0.6) is 0 Å². The first kappa shape index (κ1) is 25.4. The molecule has 6 aromatic carbocycles. The molecule has 0 fully saturated rings. The molecule has 210 valence electrons. The van der Waals surface area contributed by atoms with Crippen molar-refractivity contribution in [1.82, 2.24) is 9.97 Å². The number of benzene rings is 6. The van der Waals surface area contributed by atoms with E-state index < -0.39 is 0 Å². The lowest BCUT2D eigenvalue weighted by atomic mass is 9.82. The average Bonchev–Trinajstić information content (AvgIpc) is 3.45. The number of anilines is 3. The number of hydrogen-bond acceptors (Lipinski definition) is 3. The maximum atomic E-state index is 4.48. The summed E-state index contributed by atoms with van der Waals surface area (Å²) in [6, 6.07) is 50.1. The zero-order valence-corrected chi connectivity index (χ0v) is 24.4. The van der Waals surface area contributed by atoms with Crippen LogP contribution < -0.4 is 4.90 Å². The summed E-state index contributed by atoms with van der Waals surface area (Å²) in [5, 5.41) is 4.99. The Hall–Kier alpha value is -6.06. The molecule has 2 aromatic heterocycles. The molecule has 0 atom stereocenters. The lowest BCUT2D eigenvalue weighted by Crippen LogP contribution is -2.11. The van der Waals surface area contributed by atoms with Gasteiger partial charge in [0.1, 0.15) is 0 Å². The smallest absolute Gasteiger partial charge is 0.0645 e. The third-order valence-electron chi connectivity index (χ3n) is 8.95. The topological polar surface area (TPSA) is 29.0 Å². The normalized spacial score (nSPS) is 11.6. The Kier molecular flexibility index (Phi) is 5.82. The summed E-state index contributed by atoms with van der Waals surface area (Å²) < 4.78 is 0. The number of pyridine rings is 2. The Morgan fingerprint density at radius 2 is 0.889 bits per heavy atom. The highest BCUT2D eigenvalue weighted by atomic mass is 15.2. The molecule has 1 aliphatic rings. The van der Waals surface area contributed by atoms with E-state index in [-0.39, 0.29) is 0 Å². The fourth-order valence-electron chi connectivity index (χ4n) is 7.19. The highest BCUT2D eigenvalue weighted by molar-refractivity contribution is 6.28. The van der Waals surface area contributed by atoms with Crippen LogP contribution in [0.1, 0.15) is 0 Å². The number of nitrogens with zero attached hydrogens (tertiary/aromatic N) is 3. The standard InChI is InChI=1S/C42H27N3/c1-3-12-28(13-4-1)38-32-18-7-8-19-33(32)39(29-14-5-2-6-15-29)42-36-22-23-37(34-20-9-21-35(40(34)36)41(38)42)45(30-16-10-24-43-26-30)31-17-11-25-44-27-31/h1-27H. The van der Waals surface area contributed by atoms with E-state index in [4.69, 9.17) is 0 Å². The molecule has 1 aliphatic carbocycles. The molecular formula is C42H27N3. The minimum atomic E-state index is 0.988. The molecule has 0 saturated heterocycles. The minimum absolute atomic E-state index is 0.988. The molecule has 0 N–H and O–H groups in total. The Morgan fingerprint density at radius 3 is 1.42 bits per heavy atom. The first-order chi connectivity index (χ1) is 22.4. The number of hydrogen-bond donors (Lipinski definition) is 0. The van der Waals surface area contributed by atoms with Gasteiger partial charge < -0.3 is 4.90 Å². The maximum absolute atomic E-state index is 4.48. The van der Waals surface area contributed by atoms with Gasteiger partial charge in [0.15, 0.2) is 0 Å². The molecular weight excluding hydrogens is 546 g/mol. The molecule has 3 heteroatoms. The fraction of sp³-hybridized carbons (Fsp3) is 0. The van der Waals surface area contributed by atoms with Gasteiger partial charge in [-0.2, -0.15) is 0 Å². The van der Waals surface area contributed by atoms with Gasteiger partial charge in [0, 0.05) is 17.8 Å². The van der Waals surface area contributed by atoms with Gasteiger partial charge in [-0.25, -0.2) is 0 Å². The Morgan fingerprint density at radius 1 is 0.378 bits per heavy atom. The highest BCUT2D eigenvalue weighted by Crippen LogP contribution is 2.59. The quantitative estimate of drug-likeness (QED) is 0.205. The molecule has 3 nitrogen and oxygen atoms in total. The van der Waals surface area contributed by atoms with E-state index in [1.165, 1.54) is 66.1 Å². The number of aromatic nitrogens is 2. The van der Waals surface area contributed by atoms with Crippen LogP contribution in [0.15, 0.2) is 164 Å². The molecule has 0 aliphatic heterocycles. The molecule has 0 unspecified atom stereocenters. The Bertz CT molecular complexity index is 2220. The summed E-state index contributed by atoms with van der Waals surface area (Å²) in [7, 11) is 0. The fourth-order valence-corrected chi connectivity index (χ4v) is 7.19. The SMILES string of the molecule is c1ccc(-c2c3c(c(-c4ccccc4)c4ccccc24)-c2ccc(N(c4cccnc4)c4cccnc4)c4cccc-3c24)cc1. The first-order valence-electron chi connectivity index (χ1n) is 15.2. The number of fused-ring (bicyclic) bond motifs is 4. The number of rotatable bonds is 5. The zero-order valence-electron chi connectivity index (χ0n) is 24.4. The molecule has 0 spiro atoms. The second-order valence-corrected chi connectivity index (χ2v) is 11.4. The minimum Gasteiger partial charge on any atom is -0.307 e. The molecule has 0 radical (unpaired) electrons. The van der Waals surface area contributed by atoms with E-state index in [9.17, 15) is 0 Å². The van der Waals surface area contributed by atoms with Crippen LogP contribution in [0.25, 0.3) is 66.1 Å². The third kappa shape index (κ3) is 3.91. The summed E-state index contributed by atoms with van der Waals surface area (Å²) >= 11 is 0. The second kappa shape index (κ2) is 10.3. The van der Waals surface area contributed by atoms with Crippen molar-refractivity contribution in [3.63, 3.8) is 0 Å². The van der Waals surface area contributed by atoms with Crippen molar-refractivity contribution in [1.29, 1.82) is 0 Å². The van der Waals surface area contributed by atoms with Gasteiger partial charge in [0.2, 0.25) is 0 Å². The van der Waals surface area contributed by atoms with E-state index in [2.05, 4.69) is 142 Å². The largest absolute Gasteiger partial charge is 0.307 e. The van der Waals surface area contributed by atoms with Crippen molar-refractivity contribution in [3.8, 4) is 44.5 Å². The van der Waals surface area contributed by atoms with Crippen molar-refractivity contribution < 1.29 is 0 Å². The van der Waals surface area contributed by atoms with Crippen LogP contribution in [0.4, 0.5) is 17.1 Å². The first-order valence-corrected chi connectivity index (χ1v) is 15.2.